The van der Waals surface area contributed by atoms with Crippen LogP contribution in [0.5, 0.6) is 0 Å². The van der Waals surface area contributed by atoms with Crippen LogP contribution in [0.2, 0.25) is 0 Å². The number of carbonyl (C=O) groups excluding carboxylic acids is 1. The Labute approximate surface area is 67.9 Å². The van der Waals surface area contributed by atoms with Crippen molar-refractivity contribution in [1.29, 1.82) is 0 Å². The van der Waals surface area contributed by atoms with Crippen molar-refractivity contribution in [3.63, 3.8) is 0 Å². The largest absolute Gasteiger partial charge is 0.298 e. The monoisotopic (exact) mass is 153 g/mol. The van der Waals surface area contributed by atoms with Gasteiger partial charge in [-0.2, -0.15) is 0 Å². The van der Waals surface area contributed by atoms with Crippen LogP contribution in [0.1, 0.15) is 20.3 Å². The van der Waals surface area contributed by atoms with E-state index in [9.17, 15) is 4.79 Å². The van der Waals surface area contributed by atoms with Crippen molar-refractivity contribution in [2.24, 2.45) is 0 Å². The zero-order valence-corrected chi connectivity index (χ0v) is 7.48. The van der Waals surface area contributed by atoms with Crippen molar-refractivity contribution < 1.29 is 4.79 Å². The minimum atomic E-state index is 0.242. The third-order valence-electron chi connectivity index (χ3n) is 2.17. The third kappa shape index (κ3) is 1.69. The van der Waals surface area contributed by atoms with Crippen molar-refractivity contribution in [1.82, 2.24) is 4.90 Å². The SMILES string of the molecule is CCC1=C(C(C)=O)CN(C)C1. The molecule has 0 aliphatic carbocycles. The van der Waals surface area contributed by atoms with Gasteiger partial charge in [0.25, 0.3) is 0 Å². The van der Waals surface area contributed by atoms with Gasteiger partial charge in [-0.25, -0.2) is 0 Å². The molecular weight excluding hydrogens is 138 g/mol. The third-order valence-corrected chi connectivity index (χ3v) is 2.17. The summed E-state index contributed by atoms with van der Waals surface area (Å²) in [5.74, 6) is 0.242. The molecular formula is C9H15NO. The van der Waals surface area contributed by atoms with Gasteiger partial charge in [-0.1, -0.05) is 6.92 Å². The summed E-state index contributed by atoms with van der Waals surface area (Å²) < 4.78 is 0. The van der Waals surface area contributed by atoms with Crippen molar-refractivity contribution >= 4 is 5.78 Å². The molecule has 1 rings (SSSR count). The lowest BCUT2D eigenvalue weighted by Crippen LogP contribution is -2.15. The summed E-state index contributed by atoms with van der Waals surface area (Å²) >= 11 is 0. The molecule has 0 aromatic rings. The Kier molecular flexibility index (Phi) is 2.45. The average molecular weight is 153 g/mol. The number of hydrogen-bond acceptors (Lipinski definition) is 2. The molecule has 2 nitrogen and oxygen atoms in total. The fourth-order valence-corrected chi connectivity index (χ4v) is 1.54. The minimum absolute atomic E-state index is 0.242. The second-order valence-corrected chi connectivity index (χ2v) is 3.16. The van der Waals surface area contributed by atoms with Gasteiger partial charge in [0, 0.05) is 18.7 Å². The van der Waals surface area contributed by atoms with Crippen LogP contribution in [-0.4, -0.2) is 30.8 Å². The summed E-state index contributed by atoms with van der Waals surface area (Å²) in [4.78, 5) is 13.3. The molecule has 1 aliphatic rings. The maximum Gasteiger partial charge on any atom is 0.157 e. The summed E-state index contributed by atoms with van der Waals surface area (Å²) in [5, 5.41) is 0. The molecule has 0 radical (unpaired) electrons. The number of carbonyl (C=O) groups is 1. The summed E-state index contributed by atoms with van der Waals surface area (Å²) in [7, 11) is 2.05. The number of likely N-dealkylation sites (N-methyl/N-ethyl adjacent to an activating group) is 1. The van der Waals surface area contributed by atoms with E-state index in [-0.39, 0.29) is 5.78 Å². The molecule has 0 fully saturated rings. The highest BCUT2D eigenvalue weighted by Crippen LogP contribution is 2.18. The normalized spacial score (nSPS) is 19.5. The molecule has 1 heterocycles. The van der Waals surface area contributed by atoms with E-state index >= 15 is 0 Å². The van der Waals surface area contributed by atoms with Gasteiger partial charge in [-0.05, 0) is 26.0 Å². The second-order valence-electron chi connectivity index (χ2n) is 3.16. The van der Waals surface area contributed by atoms with Crippen molar-refractivity contribution in [3.05, 3.63) is 11.1 Å². The minimum Gasteiger partial charge on any atom is -0.298 e. The quantitative estimate of drug-likeness (QED) is 0.594. The van der Waals surface area contributed by atoms with E-state index in [1.165, 1.54) is 5.57 Å². The van der Waals surface area contributed by atoms with Crippen LogP contribution in [0.3, 0.4) is 0 Å². The maximum atomic E-state index is 11.1. The van der Waals surface area contributed by atoms with E-state index in [2.05, 4.69) is 11.8 Å². The molecule has 11 heavy (non-hydrogen) atoms. The van der Waals surface area contributed by atoms with E-state index < -0.39 is 0 Å². The average Bonchev–Trinajstić information content (AvgIpc) is 2.30. The van der Waals surface area contributed by atoms with E-state index in [4.69, 9.17) is 0 Å². The van der Waals surface area contributed by atoms with Crippen LogP contribution < -0.4 is 0 Å². The molecule has 0 saturated heterocycles. The first kappa shape index (κ1) is 8.47. The predicted molar refractivity (Wildman–Crippen MR) is 45.5 cm³/mol. The molecule has 0 aromatic heterocycles. The number of ketones is 1. The highest BCUT2D eigenvalue weighted by molar-refractivity contribution is 5.95. The summed E-state index contributed by atoms with van der Waals surface area (Å²) in [5.41, 5.74) is 2.36. The zero-order valence-electron chi connectivity index (χ0n) is 7.48. The standard InChI is InChI=1S/C9H15NO/c1-4-8-5-10(3)6-9(8)7(2)11/h4-6H2,1-3H3. The van der Waals surface area contributed by atoms with Crippen molar-refractivity contribution in [2.75, 3.05) is 20.1 Å². The van der Waals surface area contributed by atoms with Crippen LogP contribution in [0.4, 0.5) is 0 Å². The van der Waals surface area contributed by atoms with Crippen LogP contribution in [0, 0.1) is 0 Å². The molecule has 0 bridgehead atoms. The second kappa shape index (κ2) is 3.18. The summed E-state index contributed by atoms with van der Waals surface area (Å²) in [6.45, 7) is 5.59. The van der Waals surface area contributed by atoms with Gasteiger partial charge in [0.2, 0.25) is 0 Å². The van der Waals surface area contributed by atoms with Crippen LogP contribution in [0.15, 0.2) is 11.1 Å². The number of nitrogens with zero attached hydrogens (tertiary/aromatic N) is 1. The van der Waals surface area contributed by atoms with E-state index in [0.717, 1.165) is 25.1 Å². The number of hydrogen-bond donors (Lipinski definition) is 0. The topological polar surface area (TPSA) is 20.3 Å². The Hall–Kier alpha value is -0.630. The van der Waals surface area contributed by atoms with Gasteiger partial charge in [0.05, 0.1) is 0 Å². The van der Waals surface area contributed by atoms with Gasteiger partial charge in [0.15, 0.2) is 5.78 Å². The molecule has 0 atom stereocenters. The van der Waals surface area contributed by atoms with E-state index in [1.54, 1.807) is 6.92 Å². The molecule has 0 spiro atoms. The summed E-state index contributed by atoms with van der Waals surface area (Å²) in [6, 6.07) is 0. The highest BCUT2D eigenvalue weighted by Gasteiger charge is 2.19. The van der Waals surface area contributed by atoms with Crippen LogP contribution >= 0.6 is 0 Å². The lowest BCUT2D eigenvalue weighted by molar-refractivity contribution is -0.113. The van der Waals surface area contributed by atoms with Gasteiger partial charge in [0.1, 0.15) is 0 Å². The molecule has 2 heteroatoms. The van der Waals surface area contributed by atoms with Crippen molar-refractivity contribution in [3.8, 4) is 0 Å². The lowest BCUT2D eigenvalue weighted by Gasteiger charge is -2.05. The van der Waals surface area contributed by atoms with E-state index in [1.807, 2.05) is 7.05 Å². The Balaban J connectivity index is 2.79. The molecule has 1 aliphatic heterocycles. The number of Topliss-reactive ketones (excluding diaryl/α,β-unsaturated/α-hetero) is 1. The Morgan fingerprint density at radius 1 is 1.55 bits per heavy atom. The van der Waals surface area contributed by atoms with Gasteiger partial charge in [-0.3, -0.25) is 9.69 Å². The first-order valence-electron chi connectivity index (χ1n) is 4.05. The summed E-state index contributed by atoms with van der Waals surface area (Å²) in [6.07, 6.45) is 1.01. The lowest BCUT2D eigenvalue weighted by atomic mass is 10.1. The fraction of sp³-hybridized carbons (Fsp3) is 0.667. The number of rotatable bonds is 2. The van der Waals surface area contributed by atoms with Gasteiger partial charge < -0.3 is 0 Å². The van der Waals surface area contributed by atoms with Crippen molar-refractivity contribution in [2.45, 2.75) is 20.3 Å². The molecule has 62 valence electrons. The fourth-order valence-electron chi connectivity index (χ4n) is 1.54. The van der Waals surface area contributed by atoms with Gasteiger partial charge in [-0.15, -0.1) is 0 Å². The Morgan fingerprint density at radius 2 is 2.18 bits per heavy atom. The first-order chi connectivity index (χ1) is 5.15. The van der Waals surface area contributed by atoms with Crippen LogP contribution in [-0.2, 0) is 4.79 Å². The molecule has 0 N–H and O–H groups in total. The zero-order chi connectivity index (χ0) is 8.43. The van der Waals surface area contributed by atoms with Crippen LogP contribution in [0.25, 0.3) is 0 Å². The smallest absolute Gasteiger partial charge is 0.157 e. The first-order valence-corrected chi connectivity index (χ1v) is 4.05. The Morgan fingerprint density at radius 3 is 2.55 bits per heavy atom. The maximum absolute atomic E-state index is 11.1. The Bertz CT molecular complexity index is 206. The highest BCUT2D eigenvalue weighted by atomic mass is 16.1. The molecule has 0 saturated carbocycles. The predicted octanol–water partition coefficient (Wildman–Crippen LogP) is 1.23. The molecule has 0 amide bonds. The molecule has 0 aromatic carbocycles. The molecule has 0 unspecified atom stereocenters. The van der Waals surface area contributed by atoms with Gasteiger partial charge >= 0.3 is 0 Å². The van der Waals surface area contributed by atoms with E-state index in [0.29, 0.717) is 0 Å².